The normalized spacial score (nSPS) is 25.9. The molecule has 1 amide bonds. The van der Waals surface area contributed by atoms with Crippen molar-refractivity contribution in [3.63, 3.8) is 0 Å². The highest BCUT2D eigenvalue weighted by Crippen LogP contribution is 2.20. The van der Waals surface area contributed by atoms with Crippen LogP contribution in [0.1, 0.15) is 6.42 Å². The maximum atomic E-state index is 12.3. The predicted octanol–water partition coefficient (Wildman–Crippen LogP) is 2.02. The molecule has 0 radical (unpaired) electrons. The molecule has 0 saturated carbocycles. The maximum absolute atomic E-state index is 12.3. The maximum Gasteiger partial charge on any atom is 0.240 e. The Morgan fingerprint density at radius 1 is 1.40 bits per heavy atom. The standard InChI is InChI=1S/C14H18ClN3OS/c15-10-1-3-11(4-2-10)17-12-7-13(16-8-12)14(19)18-5-6-20-9-18/h1-4,12-13,16-17H,5-9H2/t12-,13-/m0/s1. The summed E-state index contributed by atoms with van der Waals surface area (Å²) in [5, 5.41) is 7.51. The minimum absolute atomic E-state index is 0.0431. The van der Waals surface area contributed by atoms with Gasteiger partial charge in [0.15, 0.2) is 0 Å². The Morgan fingerprint density at radius 3 is 2.90 bits per heavy atom. The average Bonchev–Trinajstić information content (AvgIpc) is 3.12. The van der Waals surface area contributed by atoms with Crippen LogP contribution in [0.2, 0.25) is 5.02 Å². The molecule has 1 aromatic carbocycles. The van der Waals surface area contributed by atoms with Crippen molar-refractivity contribution in [1.82, 2.24) is 10.2 Å². The highest BCUT2D eigenvalue weighted by Gasteiger charge is 2.33. The molecule has 0 aliphatic carbocycles. The summed E-state index contributed by atoms with van der Waals surface area (Å²) in [5.74, 6) is 2.15. The molecule has 2 aliphatic rings. The Kier molecular flexibility index (Phi) is 4.38. The number of rotatable bonds is 3. The highest BCUT2D eigenvalue weighted by atomic mass is 35.5. The number of anilines is 1. The zero-order valence-corrected chi connectivity index (χ0v) is 12.7. The van der Waals surface area contributed by atoms with Crippen LogP contribution in [0.25, 0.3) is 0 Å². The van der Waals surface area contributed by atoms with Crippen LogP contribution in [0.3, 0.4) is 0 Å². The van der Waals surface area contributed by atoms with Crippen LogP contribution in [0.15, 0.2) is 24.3 Å². The largest absolute Gasteiger partial charge is 0.381 e. The van der Waals surface area contributed by atoms with E-state index >= 15 is 0 Å². The molecule has 2 fully saturated rings. The minimum Gasteiger partial charge on any atom is -0.381 e. The van der Waals surface area contributed by atoms with Gasteiger partial charge in [-0.1, -0.05) is 11.6 Å². The van der Waals surface area contributed by atoms with Crippen molar-refractivity contribution < 1.29 is 4.79 Å². The molecule has 0 unspecified atom stereocenters. The lowest BCUT2D eigenvalue weighted by Gasteiger charge is -2.19. The first-order valence-corrected chi connectivity index (χ1v) is 8.37. The molecule has 6 heteroatoms. The quantitative estimate of drug-likeness (QED) is 0.896. The topological polar surface area (TPSA) is 44.4 Å². The summed E-state index contributed by atoms with van der Waals surface area (Å²) in [7, 11) is 0. The Balaban J connectivity index is 1.54. The van der Waals surface area contributed by atoms with E-state index in [9.17, 15) is 4.79 Å². The smallest absolute Gasteiger partial charge is 0.240 e. The summed E-state index contributed by atoms with van der Waals surface area (Å²) >= 11 is 7.70. The van der Waals surface area contributed by atoms with Gasteiger partial charge >= 0.3 is 0 Å². The van der Waals surface area contributed by atoms with Gasteiger partial charge in [0, 0.05) is 35.6 Å². The molecule has 20 heavy (non-hydrogen) atoms. The number of hydrogen-bond donors (Lipinski definition) is 2. The summed E-state index contributed by atoms with van der Waals surface area (Å²) < 4.78 is 0. The molecular weight excluding hydrogens is 294 g/mol. The molecule has 2 heterocycles. The Morgan fingerprint density at radius 2 is 2.20 bits per heavy atom. The minimum atomic E-state index is -0.0431. The van der Waals surface area contributed by atoms with Gasteiger partial charge in [0.25, 0.3) is 0 Å². The second-order valence-corrected chi connectivity index (χ2v) is 6.69. The first-order valence-electron chi connectivity index (χ1n) is 6.84. The summed E-state index contributed by atoms with van der Waals surface area (Å²) in [6, 6.07) is 7.93. The van der Waals surface area contributed by atoms with E-state index in [1.807, 2.05) is 40.9 Å². The summed E-state index contributed by atoms with van der Waals surface area (Å²) in [4.78, 5) is 14.2. The van der Waals surface area contributed by atoms with Crippen LogP contribution >= 0.6 is 23.4 Å². The van der Waals surface area contributed by atoms with Crippen molar-refractivity contribution in [2.24, 2.45) is 0 Å². The fourth-order valence-corrected chi connectivity index (χ4v) is 3.71. The van der Waals surface area contributed by atoms with E-state index in [0.29, 0.717) is 6.04 Å². The van der Waals surface area contributed by atoms with E-state index in [0.717, 1.165) is 41.8 Å². The molecule has 0 bridgehead atoms. The Hall–Kier alpha value is -0.910. The number of nitrogens with one attached hydrogen (secondary N) is 2. The lowest BCUT2D eigenvalue weighted by atomic mass is 10.1. The van der Waals surface area contributed by atoms with Crippen molar-refractivity contribution in [2.75, 3.05) is 30.0 Å². The third kappa shape index (κ3) is 3.22. The van der Waals surface area contributed by atoms with Gasteiger partial charge < -0.3 is 15.5 Å². The number of carbonyl (C=O) groups is 1. The third-order valence-electron chi connectivity index (χ3n) is 3.71. The third-order valence-corrected chi connectivity index (χ3v) is 4.93. The SMILES string of the molecule is O=C([C@@H]1C[C@H](Nc2ccc(Cl)cc2)CN1)N1CCSC1. The second-order valence-electron chi connectivity index (χ2n) is 5.18. The Bertz CT molecular complexity index is 476. The van der Waals surface area contributed by atoms with Gasteiger partial charge in [0.2, 0.25) is 5.91 Å². The molecule has 2 atom stereocenters. The van der Waals surface area contributed by atoms with Crippen LogP contribution < -0.4 is 10.6 Å². The summed E-state index contributed by atoms with van der Waals surface area (Å²) in [5.41, 5.74) is 1.05. The number of halogens is 1. The van der Waals surface area contributed by atoms with E-state index in [-0.39, 0.29) is 11.9 Å². The fourth-order valence-electron chi connectivity index (χ4n) is 2.62. The number of thioether (sulfide) groups is 1. The first-order chi connectivity index (χ1) is 9.72. The number of hydrogen-bond acceptors (Lipinski definition) is 4. The molecule has 4 nitrogen and oxygen atoms in total. The number of amides is 1. The molecular formula is C14H18ClN3OS. The zero-order chi connectivity index (χ0) is 13.9. The van der Waals surface area contributed by atoms with Crippen LogP contribution in [0, 0.1) is 0 Å². The van der Waals surface area contributed by atoms with Gasteiger partial charge in [0.1, 0.15) is 0 Å². The average molecular weight is 312 g/mol. The summed E-state index contributed by atoms with van der Waals surface area (Å²) in [6.45, 7) is 1.71. The van der Waals surface area contributed by atoms with Crippen molar-refractivity contribution in [2.45, 2.75) is 18.5 Å². The van der Waals surface area contributed by atoms with Crippen molar-refractivity contribution in [3.8, 4) is 0 Å². The Labute approximate surface area is 128 Å². The van der Waals surface area contributed by atoms with Gasteiger partial charge in [-0.2, -0.15) is 0 Å². The van der Waals surface area contributed by atoms with Crippen molar-refractivity contribution in [3.05, 3.63) is 29.3 Å². The van der Waals surface area contributed by atoms with Crippen LogP contribution in [0.5, 0.6) is 0 Å². The van der Waals surface area contributed by atoms with Gasteiger partial charge in [-0.3, -0.25) is 4.79 Å². The lowest BCUT2D eigenvalue weighted by molar-refractivity contribution is -0.131. The van der Waals surface area contributed by atoms with Gasteiger partial charge in [-0.05, 0) is 30.7 Å². The molecule has 0 spiro atoms. The predicted molar refractivity (Wildman–Crippen MR) is 84.3 cm³/mol. The first kappa shape index (κ1) is 14.0. The zero-order valence-electron chi connectivity index (χ0n) is 11.1. The van der Waals surface area contributed by atoms with E-state index in [4.69, 9.17) is 11.6 Å². The molecule has 1 aromatic rings. The fraction of sp³-hybridized carbons (Fsp3) is 0.500. The van der Waals surface area contributed by atoms with Crippen molar-refractivity contribution >= 4 is 35.0 Å². The number of nitrogens with zero attached hydrogens (tertiary/aromatic N) is 1. The van der Waals surface area contributed by atoms with Gasteiger partial charge in [-0.15, -0.1) is 11.8 Å². The molecule has 3 rings (SSSR count). The van der Waals surface area contributed by atoms with Crippen LogP contribution in [0.4, 0.5) is 5.69 Å². The van der Waals surface area contributed by atoms with E-state index in [1.54, 1.807) is 0 Å². The van der Waals surface area contributed by atoms with E-state index < -0.39 is 0 Å². The molecule has 2 saturated heterocycles. The number of benzene rings is 1. The molecule has 108 valence electrons. The summed E-state index contributed by atoms with van der Waals surface area (Å²) in [6.07, 6.45) is 0.836. The monoisotopic (exact) mass is 311 g/mol. The van der Waals surface area contributed by atoms with E-state index in [2.05, 4.69) is 10.6 Å². The van der Waals surface area contributed by atoms with E-state index in [1.165, 1.54) is 0 Å². The molecule has 0 aromatic heterocycles. The van der Waals surface area contributed by atoms with Gasteiger partial charge in [0.05, 0.1) is 11.9 Å². The second kappa shape index (κ2) is 6.24. The van der Waals surface area contributed by atoms with Gasteiger partial charge in [-0.25, -0.2) is 0 Å². The highest BCUT2D eigenvalue weighted by molar-refractivity contribution is 7.99. The molecule has 2 N–H and O–H groups in total. The van der Waals surface area contributed by atoms with Crippen molar-refractivity contribution in [1.29, 1.82) is 0 Å². The van der Waals surface area contributed by atoms with Crippen LogP contribution in [-0.2, 0) is 4.79 Å². The number of carbonyl (C=O) groups excluding carboxylic acids is 1. The lowest BCUT2D eigenvalue weighted by Crippen LogP contribution is -2.42. The molecule has 2 aliphatic heterocycles. The van der Waals surface area contributed by atoms with Crippen LogP contribution in [-0.4, -0.2) is 47.6 Å².